The van der Waals surface area contributed by atoms with Crippen LogP contribution in [-0.2, 0) is 16.6 Å². The van der Waals surface area contributed by atoms with Gasteiger partial charge in [-0.25, -0.2) is 4.90 Å². The van der Waals surface area contributed by atoms with Gasteiger partial charge in [0.05, 0.1) is 23.4 Å². The van der Waals surface area contributed by atoms with E-state index in [-0.39, 0.29) is 11.8 Å². The second-order valence-electron chi connectivity index (χ2n) is 10.9. The third kappa shape index (κ3) is 6.39. The van der Waals surface area contributed by atoms with Crippen LogP contribution in [0.1, 0.15) is 76.5 Å². The summed E-state index contributed by atoms with van der Waals surface area (Å²) in [6.45, 7) is 6.74. The molecule has 0 saturated carbocycles. The smallest absolute Gasteiger partial charge is 0.266 e. The standard InChI is InChI=1S/C34H42N2O4/c1-24(2)32-29(23-31-25(3)28-15-11-12-16-30(28)35(31)4)33(38)36(34(32)39)26-17-19-27(20-18-26)40-22-14-10-8-6-5-7-9-13-21-37/h11-12,15-20,23,37H,5-10,13-14,21-22H2,1-4H3/b29-23-. The molecule has 2 amide bonds. The Kier molecular flexibility index (Phi) is 9.99. The first kappa shape index (κ1) is 29.3. The number of carbonyl (C=O) groups is 2. The minimum Gasteiger partial charge on any atom is -0.494 e. The number of fused-ring (bicyclic) bond motifs is 1. The molecular weight excluding hydrogens is 500 g/mol. The summed E-state index contributed by atoms with van der Waals surface area (Å²) in [6.07, 6.45) is 10.9. The Balaban J connectivity index is 1.42. The average molecular weight is 543 g/mol. The molecule has 40 heavy (non-hydrogen) atoms. The van der Waals surface area contributed by atoms with E-state index in [2.05, 4.69) is 23.6 Å². The maximum Gasteiger partial charge on any atom is 0.266 e. The van der Waals surface area contributed by atoms with Crippen LogP contribution in [0.5, 0.6) is 5.75 Å². The fourth-order valence-corrected chi connectivity index (χ4v) is 5.50. The molecule has 1 aliphatic heterocycles. The lowest BCUT2D eigenvalue weighted by molar-refractivity contribution is -0.119. The lowest BCUT2D eigenvalue weighted by Gasteiger charge is -2.14. The van der Waals surface area contributed by atoms with Gasteiger partial charge in [-0.3, -0.25) is 9.59 Å². The number of para-hydroxylation sites is 1. The van der Waals surface area contributed by atoms with E-state index in [9.17, 15) is 9.59 Å². The van der Waals surface area contributed by atoms with E-state index in [0.29, 0.717) is 30.0 Å². The summed E-state index contributed by atoms with van der Waals surface area (Å²) in [7, 11) is 1.99. The molecule has 0 radical (unpaired) electrons. The Morgan fingerprint density at radius 1 is 0.850 bits per heavy atom. The van der Waals surface area contributed by atoms with Crippen LogP contribution in [-0.4, -0.2) is 34.7 Å². The molecule has 1 aliphatic rings. The molecule has 1 N–H and O–H groups in total. The van der Waals surface area contributed by atoms with Gasteiger partial charge in [-0.1, -0.05) is 62.3 Å². The van der Waals surface area contributed by atoms with E-state index in [1.807, 2.05) is 51.2 Å². The minimum absolute atomic E-state index is 0.294. The van der Waals surface area contributed by atoms with E-state index in [1.165, 1.54) is 30.6 Å². The number of amides is 2. The highest BCUT2D eigenvalue weighted by Crippen LogP contribution is 2.35. The molecule has 2 heterocycles. The summed E-state index contributed by atoms with van der Waals surface area (Å²) < 4.78 is 7.99. The number of aliphatic hydroxyl groups excluding tert-OH is 1. The van der Waals surface area contributed by atoms with E-state index in [0.717, 1.165) is 59.2 Å². The maximum absolute atomic E-state index is 13.7. The van der Waals surface area contributed by atoms with Crippen molar-refractivity contribution in [1.82, 2.24) is 4.57 Å². The SMILES string of the molecule is CC(C)=C1C(=O)N(c2ccc(OCCCCCCCCCCO)cc2)C(=O)/C1=C\c1c(C)c2ccccc2n1C. The van der Waals surface area contributed by atoms with Crippen LogP contribution < -0.4 is 9.64 Å². The molecule has 3 aromatic rings. The topological polar surface area (TPSA) is 71.8 Å². The Morgan fingerprint density at radius 3 is 2.10 bits per heavy atom. The molecule has 2 aromatic carbocycles. The van der Waals surface area contributed by atoms with E-state index < -0.39 is 0 Å². The molecule has 0 aliphatic carbocycles. The summed E-state index contributed by atoms with van der Waals surface area (Å²) in [5.74, 6) is 0.129. The van der Waals surface area contributed by atoms with Gasteiger partial charge in [-0.05, 0) is 75.6 Å². The van der Waals surface area contributed by atoms with Gasteiger partial charge in [-0.2, -0.15) is 0 Å². The zero-order valence-electron chi connectivity index (χ0n) is 24.3. The number of ether oxygens (including phenoxy) is 1. The van der Waals surface area contributed by atoms with Crippen LogP contribution in [0.2, 0.25) is 0 Å². The molecule has 0 bridgehead atoms. The second-order valence-corrected chi connectivity index (χ2v) is 10.9. The van der Waals surface area contributed by atoms with Gasteiger partial charge < -0.3 is 14.4 Å². The average Bonchev–Trinajstić information content (AvgIpc) is 3.34. The highest BCUT2D eigenvalue weighted by atomic mass is 16.5. The first-order chi connectivity index (χ1) is 19.3. The highest BCUT2D eigenvalue weighted by molar-refractivity contribution is 6.38. The number of aromatic nitrogens is 1. The minimum atomic E-state index is -0.309. The number of hydrogen-bond donors (Lipinski definition) is 1. The van der Waals surface area contributed by atoms with Crippen molar-refractivity contribution in [2.45, 2.75) is 72.1 Å². The van der Waals surface area contributed by atoms with Crippen molar-refractivity contribution >= 4 is 34.5 Å². The molecular formula is C34H42N2O4. The first-order valence-electron chi connectivity index (χ1n) is 14.5. The van der Waals surface area contributed by atoms with Gasteiger partial charge in [0.25, 0.3) is 11.8 Å². The third-order valence-electron chi connectivity index (χ3n) is 7.73. The number of imide groups is 1. The Morgan fingerprint density at radius 2 is 1.48 bits per heavy atom. The summed E-state index contributed by atoms with van der Waals surface area (Å²) in [5, 5.41) is 9.96. The van der Waals surface area contributed by atoms with Crippen LogP contribution in [0, 0.1) is 6.92 Å². The maximum atomic E-state index is 13.7. The number of aryl methyl sites for hydroxylation is 2. The van der Waals surface area contributed by atoms with Crippen molar-refractivity contribution in [1.29, 1.82) is 0 Å². The van der Waals surface area contributed by atoms with Gasteiger partial charge in [0.15, 0.2) is 0 Å². The quantitative estimate of drug-likeness (QED) is 0.140. The summed E-state index contributed by atoms with van der Waals surface area (Å²) >= 11 is 0. The zero-order chi connectivity index (χ0) is 28.6. The van der Waals surface area contributed by atoms with Crippen LogP contribution in [0.4, 0.5) is 5.69 Å². The van der Waals surface area contributed by atoms with Crippen molar-refractivity contribution in [2.75, 3.05) is 18.1 Å². The normalized spacial score (nSPS) is 14.7. The van der Waals surface area contributed by atoms with E-state index >= 15 is 0 Å². The molecule has 4 rings (SSSR count). The molecule has 1 fully saturated rings. The lowest BCUT2D eigenvalue weighted by Crippen LogP contribution is -2.29. The fraction of sp³-hybridized carbons (Fsp3) is 0.412. The van der Waals surface area contributed by atoms with Crippen LogP contribution >= 0.6 is 0 Å². The molecule has 6 heteroatoms. The van der Waals surface area contributed by atoms with Gasteiger partial charge in [0.1, 0.15) is 5.75 Å². The number of allylic oxidation sites excluding steroid dienone is 1. The first-order valence-corrected chi connectivity index (χ1v) is 14.5. The van der Waals surface area contributed by atoms with Crippen molar-refractivity contribution < 1.29 is 19.4 Å². The fourth-order valence-electron chi connectivity index (χ4n) is 5.50. The van der Waals surface area contributed by atoms with E-state index in [4.69, 9.17) is 9.84 Å². The van der Waals surface area contributed by atoms with E-state index in [1.54, 1.807) is 12.1 Å². The van der Waals surface area contributed by atoms with Crippen LogP contribution in [0.15, 0.2) is 65.3 Å². The largest absolute Gasteiger partial charge is 0.494 e. The van der Waals surface area contributed by atoms with Crippen LogP contribution in [0.3, 0.4) is 0 Å². The third-order valence-corrected chi connectivity index (χ3v) is 7.73. The Labute approximate surface area is 237 Å². The highest BCUT2D eigenvalue weighted by Gasteiger charge is 2.40. The zero-order valence-corrected chi connectivity index (χ0v) is 24.3. The molecule has 1 saturated heterocycles. The molecule has 6 nitrogen and oxygen atoms in total. The predicted octanol–water partition coefficient (Wildman–Crippen LogP) is 7.27. The second kappa shape index (κ2) is 13.6. The number of aliphatic hydroxyl groups is 1. The molecule has 1 aromatic heterocycles. The van der Waals surface area contributed by atoms with Crippen molar-refractivity contribution in [2.24, 2.45) is 7.05 Å². The number of unbranched alkanes of at least 4 members (excludes halogenated alkanes) is 7. The number of rotatable bonds is 13. The predicted molar refractivity (Wildman–Crippen MR) is 162 cm³/mol. The number of anilines is 1. The van der Waals surface area contributed by atoms with Gasteiger partial charge >= 0.3 is 0 Å². The Hall–Kier alpha value is -3.64. The van der Waals surface area contributed by atoms with Gasteiger partial charge in [0.2, 0.25) is 0 Å². The van der Waals surface area contributed by atoms with Crippen molar-refractivity contribution in [3.8, 4) is 5.75 Å². The number of nitrogens with zero attached hydrogens (tertiary/aromatic N) is 2. The summed E-state index contributed by atoms with van der Waals surface area (Å²) in [6, 6.07) is 15.4. The van der Waals surface area contributed by atoms with Crippen molar-refractivity contribution in [3.05, 3.63) is 76.5 Å². The van der Waals surface area contributed by atoms with Gasteiger partial charge in [-0.15, -0.1) is 0 Å². The number of benzene rings is 2. The lowest BCUT2D eigenvalue weighted by atomic mass is 10.0. The number of carbonyl (C=O) groups excluding carboxylic acids is 2. The van der Waals surface area contributed by atoms with Crippen LogP contribution in [0.25, 0.3) is 17.0 Å². The van der Waals surface area contributed by atoms with Gasteiger partial charge in [0, 0.05) is 30.3 Å². The molecule has 212 valence electrons. The molecule has 0 atom stereocenters. The van der Waals surface area contributed by atoms with Crippen molar-refractivity contribution in [3.63, 3.8) is 0 Å². The molecule has 0 spiro atoms. The Bertz CT molecular complexity index is 1370. The number of hydrogen-bond acceptors (Lipinski definition) is 4. The monoisotopic (exact) mass is 542 g/mol. The summed E-state index contributed by atoms with van der Waals surface area (Å²) in [5.41, 5.74) is 5.33. The summed E-state index contributed by atoms with van der Waals surface area (Å²) in [4.78, 5) is 28.5. The molecule has 0 unspecified atom stereocenters.